The highest BCUT2D eigenvalue weighted by Gasteiger charge is 2.73. The molecule has 1 nitrogen and oxygen atoms in total. The van der Waals surface area contributed by atoms with E-state index in [1.54, 1.807) is 0 Å². The summed E-state index contributed by atoms with van der Waals surface area (Å²) in [6.45, 7) is 1.82. The molecule has 0 aromatic heterocycles. The molecule has 1 atom stereocenters. The van der Waals surface area contributed by atoms with Crippen molar-refractivity contribution < 1.29 is 30.7 Å². The Morgan fingerprint density at radius 3 is 1.81 bits per heavy atom. The quantitative estimate of drug-likeness (QED) is 0.185. The molecule has 4 aromatic rings. The second-order valence-electron chi connectivity index (χ2n) is 10.6. The summed E-state index contributed by atoms with van der Waals surface area (Å²) in [7, 11) is 0. The van der Waals surface area contributed by atoms with E-state index in [1.165, 1.54) is 23.9 Å². The Bertz CT molecular complexity index is 1460. The Balaban J connectivity index is 1.48. The summed E-state index contributed by atoms with van der Waals surface area (Å²) in [6.07, 6.45) is -11.0. The molecule has 0 bridgehead atoms. The largest absolute Gasteiger partial charge is 0.435 e. The van der Waals surface area contributed by atoms with Crippen LogP contribution in [0.3, 0.4) is 0 Å². The SMILES string of the molecule is FC(F)(F)C(F)(c1ccc(C2(Sc3cccc(Cc4ccccc4)c3)CCN(Cc3ccccc3)C2)cc1)C(F)(F)F. The molecule has 4 aromatic carbocycles. The molecule has 1 unspecified atom stereocenters. The molecule has 1 aliphatic heterocycles. The van der Waals surface area contributed by atoms with Gasteiger partial charge in [-0.15, -0.1) is 11.8 Å². The standard InChI is InChI=1S/C33H28F7NS/c34-31(32(35,36)37,33(38,39)40)28-16-14-27(15-17-28)30(18-19-41(23-30)22-25-10-5-2-6-11-25)42-29-13-7-12-26(21-29)20-24-8-3-1-4-9-24/h1-17,21H,18-20,22-23H2. The highest BCUT2D eigenvalue weighted by atomic mass is 32.2. The molecular weight excluding hydrogens is 575 g/mol. The van der Waals surface area contributed by atoms with E-state index in [9.17, 15) is 30.7 Å². The minimum atomic E-state index is -6.15. The van der Waals surface area contributed by atoms with Gasteiger partial charge in [0.15, 0.2) is 0 Å². The van der Waals surface area contributed by atoms with Gasteiger partial charge in [-0.25, -0.2) is 4.39 Å². The first-order valence-corrected chi connectivity index (χ1v) is 14.2. The zero-order valence-electron chi connectivity index (χ0n) is 22.4. The average Bonchev–Trinajstić information content (AvgIpc) is 3.36. The van der Waals surface area contributed by atoms with Gasteiger partial charge < -0.3 is 0 Å². The zero-order chi connectivity index (χ0) is 30.0. The minimum absolute atomic E-state index is 0.508. The lowest BCUT2D eigenvalue weighted by Gasteiger charge is -2.32. The van der Waals surface area contributed by atoms with E-state index in [2.05, 4.69) is 11.0 Å². The first-order valence-electron chi connectivity index (χ1n) is 13.4. The number of hydrogen-bond donors (Lipinski definition) is 0. The topological polar surface area (TPSA) is 3.24 Å². The van der Waals surface area contributed by atoms with Crippen molar-refractivity contribution in [3.63, 3.8) is 0 Å². The van der Waals surface area contributed by atoms with Crippen LogP contribution in [0.2, 0.25) is 0 Å². The molecule has 0 N–H and O–H groups in total. The molecule has 0 aliphatic carbocycles. The molecule has 0 amide bonds. The predicted molar refractivity (Wildman–Crippen MR) is 151 cm³/mol. The van der Waals surface area contributed by atoms with Crippen LogP contribution in [-0.4, -0.2) is 30.3 Å². The van der Waals surface area contributed by atoms with Crippen LogP contribution in [-0.2, 0) is 23.4 Å². The van der Waals surface area contributed by atoms with Crippen LogP contribution in [0.25, 0.3) is 0 Å². The van der Waals surface area contributed by atoms with Crippen molar-refractivity contribution in [2.24, 2.45) is 0 Å². The third-order valence-electron chi connectivity index (χ3n) is 7.61. The fourth-order valence-corrected chi connectivity index (χ4v) is 6.98. The van der Waals surface area contributed by atoms with Crippen molar-refractivity contribution in [1.82, 2.24) is 4.90 Å². The molecule has 1 saturated heterocycles. The van der Waals surface area contributed by atoms with Crippen LogP contribution in [0.1, 0.15) is 34.2 Å². The fraction of sp³-hybridized carbons (Fsp3) is 0.273. The van der Waals surface area contributed by atoms with Gasteiger partial charge in [0.2, 0.25) is 0 Å². The van der Waals surface area contributed by atoms with E-state index in [0.29, 0.717) is 50.2 Å². The highest BCUT2D eigenvalue weighted by molar-refractivity contribution is 8.00. The van der Waals surface area contributed by atoms with Gasteiger partial charge in [-0.2, -0.15) is 26.3 Å². The van der Waals surface area contributed by atoms with Crippen LogP contribution < -0.4 is 0 Å². The van der Waals surface area contributed by atoms with E-state index in [1.807, 2.05) is 78.9 Å². The Kier molecular flexibility index (Phi) is 8.45. The second-order valence-corrected chi connectivity index (χ2v) is 12.0. The van der Waals surface area contributed by atoms with Crippen molar-refractivity contribution in [3.8, 4) is 0 Å². The number of hydrogen-bond acceptors (Lipinski definition) is 2. The molecule has 220 valence electrons. The molecule has 5 rings (SSSR count). The van der Waals surface area contributed by atoms with Crippen molar-refractivity contribution >= 4 is 11.8 Å². The predicted octanol–water partition coefficient (Wildman–Crippen LogP) is 9.46. The van der Waals surface area contributed by atoms with Crippen LogP contribution in [0.15, 0.2) is 114 Å². The summed E-state index contributed by atoms with van der Waals surface area (Å²) in [4.78, 5) is 3.15. The number of thioether (sulfide) groups is 1. The average molecular weight is 604 g/mol. The summed E-state index contributed by atoms with van der Waals surface area (Å²) in [6, 6.07) is 31.4. The maximum absolute atomic E-state index is 14.8. The van der Waals surface area contributed by atoms with E-state index in [4.69, 9.17) is 0 Å². The number of benzene rings is 4. The highest BCUT2D eigenvalue weighted by Crippen LogP contribution is 2.54. The van der Waals surface area contributed by atoms with Gasteiger partial charge in [0.1, 0.15) is 0 Å². The first-order chi connectivity index (χ1) is 19.9. The number of nitrogens with zero attached hydrogens (tertiary/aromatic N) is 1. The van der Waals surface area contributed by atoms with E-state index in [0.717, 1.165) is 21.6 Å². The summed E-state index contributed by atoms with van der Waals surface area (Å²) in [5.74, 6) is 0. The van der Waals surface area contributed by atoms with Gasteiger partial charge in [-0.1, -0.05) is 97.1 Å². The number of halogens is 7. The Morgan fingerprint density at radius 2 is 1.21 bits per heavy atom. The van der Waals surface area contributed by atoms with Crippen LogP contribution in [0, 0.1) is 0 Å². The summed E-state index contributed by atoms with van der Waals surface area (Å²) < 4.78 is 94.5. The van der Waals surface area contributed by atoms with Gasteiger partial charge in [0.05, 0.1) is 4.75 Å². The Morgan fingerprint density at radius 1 is 0.643 bits per heavy atom. The summed E-state index contributed by atoms with van der Waals surface area (Å²) >= 11 is 1.54. The van der Waals surface area contributed by atoms with E-state index >= 15 is 0 Å². The number of alkyl halides is 7. The van der Waals surface area contributed by atoms with Crippen molar-refractivity contribution in [1.29, 1.82) is 0 Å². The van der Waals surface area contributed by atoms with Crippen molar-refractivity contribution in [3.05, 3.63) is 137 Å². The lowest BCUT2D eigenvalue weighted by molar-refractivity contribution is -0.348. The van der Waals surface area contributed by atoms with Gasteiger partial charge in [0.25, 0.3) is 0 Å². The van der Waals surface area contributed by atoms with E-state index in [-0.39, 0.29) is 0 Å². The normalized spacial score (nSPS) is 18.4. The third kappa shape index (κ3) is 6.22. The third-order valence-corrected chi connectivity index (χ3v) is 9.06. The second kappa shape index (κ2) is 11.8. The molecule has 0 spiro atoms. The molecule has 1 heterocycles. The molecule has 1 aliphatic rings. The molecule has 0 saturated carbocycles. The fourth-order valence-electron chi connectivity index (χ4n) is 5.48. The lowest BCUT2D eigenvalue weighted by Crippen LogP contribution is -2.50. The van der Waals surface area contributed by atoms with Gasteiger partial charge >= 0.3 is 18.0 Å². The van der Waals surface area contributed by atoms with Gasteiger partial charge in [-0.05, 0) is 47.2 Å². The van der Waals surface area contributed by atoms with Crippen molar-refractivity contribution in [2.75, 3.05) is 13.1 Å². The van der Waals surface area contributed by atoms with Crippen LogP contribution in [0.4, 0.5) is 30.7 Å². The maximum atomic E-state index is 14.8. The van der Waals surface area contributed by atoms with Crippen LogP contribution >= 0.6 is 11.8 Å². The molecule has 0 radical (unpaired) electrons. The molecule has 1 fully saturated rings. The molecular formula is C33H28F7NS. The summed E-state index contributed by atoms with van der Waals surface area (Å²) in [5, 5.41) is 0. The maximum Gasteiger partial charge on any atom is 0.435 e. The molecule has 9 heteroatoms. The minimum Gasteiger partial charge on any atom is -0.297 e. The lowest BCUT2D eigenvalue weighted by atomic mass is 9.90. The Labute approximate surface area is 244 Å². The van der Waals surface area contributed by atoms with Crippen LogP contribution in [0.5, 0.6) is 0 Å². The van der Waals surface area contributed by atoms with Crippen molar-refractivity contribution in [2.45, 2.75) is 47.1 Å². The zero-order valence-corrected chi connectivity index (χ0v) is 23.2. The number of likely N-dealkylation sites (tertiary alicyclic amines) is 1. The molecule has 42 heavy (non-hydrogen) atoms. The number of rotatable bonds is 8. The van der Waals surface area contributed by atoms with Gasteiger partial charge in [-0.3, -0.25) is 4.90 Å². The summed E-state index contributed by atoms with van der Waals surface area (Å²) in [5.41, 5.74) is -3.07. The van der Waals surface area contributed by atoms with Gasteiger partial charge in [0, 0.05) is 30.1 Å². The smallest absolute Gasteiger partial charge is 0.297 e. The first kappa shape index (κ1) is 30.2. The monoisotopic (exact) mass is 603 g/mol. The Hall–Kier alpha value is -3.30. The van der Waals surface area contributed by atoms with E-state index < -0.39 is 28.3 Å².